The number of benzene rings is 1. The fraction of sp³-hybridized carbons (Fsp3) is 0.273. The maximum absolute atomic E-state index is 12.7. The van der Waals surface area contributed by atoms with Crippen LogP contribution in [-0.4, -0.2) is 34.2 Å². The minimum atomic E-state index is -0.415. The van der Waals surface area contributed by atoms with Crippen LogP contribution < -0.4 is 10.6 Å². The van der Waals surface area contributed by atoms with Crippen LogP contribution in [0.1, 0.15) is 24.2 Å². The molecule has 5 rings (SSSR count). The van der Waals surface area contributed by atoms with Gasteiger partial charge < -0.3 is 20.0 Å². The van der Waals surface area contributed by atoms with E-state index >= 15 is 0 Å². The van der Waals surface area contributed by atoms with Gasteiger partial charge in [-0.15, -0.1) is 11.3 Å². The van der Waals surface area contributed by atoms with E-state index in [2.05, 4.69) is 15.6 Å². The van der Waals surface area contributed by atoms with Crippen LogP contribution in [0, 0.1) is 5.92 Å². The van der Waals surface area contributed by atoms with Crippen LogP contribution in [0.15, 0.2) is 46.4 Å². The molecule has 1 unspecified atom stereocenters. The number of fused-ring (bicyclic) bond motifs is 1. The summed E-state index contributed by atoms with van der Waals surface area (Å²) in [4.78, 5) is 42.7. The first-order valence-corrected chi connectivity index (χ1v) is 10.9. The van der Waals surface area contributed by atoms with Gasteiger partial charge in [-0.2, -0.15) is 0 Å². The lowest BCUT2D eigenvalue weighted by Crippen LogP contribution is -2.27. The van der Waals surface area contributed by atoms with Gasteiger partial charge in [-0.3, -0.25) is 14.4 Å². The van der Waals surface area contributed by atoms with Crippen molar-refractivity contribution in [3.63, 3.8) is 0 Å². The number of aryl methyl sites for hydroxylation is 1. The predicted molar refractivity (Wildman–Crippen MR) is 115 cm³/mol. The van der Waals surface area contributed by atoms with Gasteiger partial charge in [0.05, 0.1) is 24.4 Å². The molecule has 8 nitrogen and oxygen atoms in total. The van der Waals surface area contributed by atoms with Gasteiger partial charge in [0.1, 0.15) is 5.76 Å². The number of nitrogens with zero attached hydrogens (tertiary/aromatic N) is 2. The normalized spacial score (nSPS) is 18.1. The average molecular weight is 436 g/mol. The first-order chi connectivity index (χ1) is 15.0. The molecule has 1 atom stereocenters. The summed E-state index contributed by atoms with van der Waals surface area (Å²) in [6.45, 7) is 0.732. The second kappa shape index (κ2) is 7.99. The van der Waals surface area contributed by atoms with Crippen molar-refractivity contribution in [3.8, 4) is 11.3 Å². The number of furan rings is 1. The Hall–Kier alpha value is -3.46. The number of nitrogens with one attached hydrogen (secondary N) is 2. The monoisotopic (exact) mass is 436 g/mol. The number of hydrogen-bond donors (Lipinski definition) is 2. The third-order valence-corrected chi connectivity index (χ3v) is 6.30. The van der Waals surface area contributed by atoms with Crippen molar-refractivity contribution in [1.29, 1.82) is 0 Å². The van der Waals surface area contributed by atoms with Crippen LogP contribution in [0.4, 0.5) is 10.8 Å². The zero-order valence-corrected chi connectivity index (χ0v) is 17.4. The van der Waals surface area contributed by atoms with Gasteiger partial charge >= 0.3 is 0 Å². The number of likely N-dealkylation sites (tertiary alicyclic amines) is 1. The molecule has 4 heterocycles. The number of carbonyl (C=O) groups excluding carboxylic acids is 3. The number of aromatic nitrogens is 1. The molecule has 1 fully saturated rings. The standard InChI is InChI=1S/C22H20N4O4S/c27-19-6-4-13-8-14(3-5-17(13)23-19)18-12-31-22(24-18)25-21(29)15-9-20(28)26(10-15)11-16-2-1-7-30-16/h1-3,5,7-8,12,15H,4,6,9-11H2,(H,23,27)(H,24,25,29). The van der Waals surface area contributed by atoms with Crippen molar-refractivity contribution in [3.05, 3.63) is 53.3 Å². The molecule has 9 heteroatoms. The average Bonchev–Trinajstić information content (AvgIpc) is 3.50. The molecule has 3 aromatic rings. The van der Waals surface area contributed by atoms with Crippen LogP contribution in [0.5, 0.6) is 0 Å². The van der Waals surface area contributed by atoms with E-state index in [1.54, 1.807) is 17.2 Å². The second-order valence-corrected chi connectivity index (χ2v) is 8.56. The smallest absolute Gasteiger partial charge is 0.231 e. The lowest BCUT2D eigenvalue weighted by molar-refractivity contribution is -0.128. The highest BCUT2D eigenvalue weighted by Gasteiger charge is 2.35. The van der Waals surface area contributed by atoms with Crippen molar-refractivity contribution in [2.45, 2.75) is 25.8 Å². The maximum Gasteiger partial charge on any atom is 0.231 e. The first-order valence-electron chi connectivity index (χ1n) is 10.0. The molecule has 2 aliphatic rings. The van der Waals surface area contributed by atoms with Crippen molar-refractivity contribution >= 4 is 39.9 Å². The van der Waals surface area contributed by atoms with E-state index in [4.69, 9.17) is 4.42 Å². The summed E-state index contributed by atoms with van der Waals surface area (Å²) in [5.74, 6) is 0.0552. The highest BCUT2D eigenvalue weighted by atomic mass is 32.1. The summed E-state index contributed by atoms with van der Waals surface area (Å²) in [5, 5.41) is 8.12. The van der Waals surface area contributed by atoms with Gasteiger partial charge in [-0.05, 0) is 36.2 Å². The zero-order chi connectivity index (χ0) is 21.4. The zero-order valence-electron chi connectivity index (χ0n) is 16.6. The maximum atomic E-state index is 12.7. The summed E-state index contributed by atoms with van der Waals surface area (Å²) in [7, 11) is 0. The summed E-state index contributed by atoms with van der Waals surface area (Å²) in [6.07, 6.45) is 2.93. The Labute approximate surface area is 182 Å². The van der Waals surface area contributed by atoms with E-state index in [1.165, 1.54) is 11.3 Å². The van der Waals surface area contributed by atoms with E-state index in [1.807, 2.05) is 29.6 Å². The van der Waals surface area contributed by atoms with E-state index in [9.17, 15) is 14.4 Å². The van der Waals surface area contributed by atoms with E-state index in [-0.39, 0.29) is 24.1 Å². The molecule has 1 aromatic carbocycles. The Morgan fingerprint density at radius 1 is 1.29 bits per heavy atom. The van der Waals surface area contributed by atoms with Crippen LogP contribution in [-0.2, 0) is 27.3 Å². The van der Waals surface area contributed by atoms with Gasteiger partial charge in [-0.25, -0.2) is 4.98 Å². The van der Waals surface area contributed by atoms with Crippen molar-refractivity contribution < 1.29 is 18.8 Å². The van der Waals surface area contributed by atoms with E-state index in [0.29, 0.717) is 36.8 Å². The van der Waals surface area contributed by atoms with Crippen LogP contribution in [0.3, 0.4) is 0 Å². The van der Waals surface area contributed by atoms with Crippen molar-refractivity contribution in [2.75, 3.05) is 17.2 Å². The van der Waals surface area contributed by atoms with Gasteiger partial charge in [0.25, 0.3) is 0 Å². The Balaban J connectivity index is 1.23. The quantitative estimate of drug-likeness (QED) is 0.639. The molecule has 0 radical (unpaired) electrons. The third-order valence-electron chi connectivity index (χ3n) is 5.54. The third kappa shape index (κ3) is 4.09. The summed E-state index contributed by atoms with van der Waals surface area (Å²) in [6, 6.07) is 9.41. The number of carbonyl (C=O) groups is 3. The number of amides is 3. The topological polar surface area (TPSA) is 105 Å². The molecule has 158 valence electrons. The molecule has 2 N–H and O–H groups in total. The Morgan fingerprint density at radius 3 is 3.03 bits per heavy atom. The van der Waals surface area contributed by atoms with Crippen LogP contribution in [0.25, 0.3) is 11.3 Å². The number of rotatable bonds is 5. The highest BCUT2D eigenvalue weighted by Crippen LogP contribution is 2.31. The van der Waals surface area contributed by atoms with E-state index in [0.717, 1.165) is 22.5 Å². The second-order valence-electron chi connectivity index (χ2n) is 7.70. The van der Waals surface area contributed by atoms with Gasteiger partial charge in [-0.1, -0.05) is 6.07 Å². The minimum Gasteiger partial charge on any atom is -0.467 e. The van der Waals surface area contributed by atoms with Crippen molar-refractivity contribution in [2.24, 2.45) is 5.92 Å². The fourth-order valence-electron chi connectivity index (χ4n) is 3.91. The summed E-state index contributed by atoms with van der Waals surface area (Å²) >= 11 is 1.35. The molecule has 1 saturated heterocycles. The molecule has 0 spiro atoms. The first kappa shape index (κ1) is 19.5. The molecule has 31 heavy (non-hydrogen) atoms. The van der Waals surface area contributed by atoms with Gasteiger partial charge in [0.15, 0.2) is 5.13 Å². The number of hydrogen-bond acceptors (Lipinski definition) is 6. The number of thiazole rings is 1. The SMILES string of the molecule is O=C1CCc2cc(-c3csc(NC(=O)C4CC(=O)N(Cc5ccco5)C4)n3)ccc2N1. The molecule has 3 amide bonds. The Morgan fingerprint density at radius 2 is 2.19 bits per heavy atom. The highest BCUT2D eigenvalue weighted by molar-refractivity contribution is 7.14. The Kier molecular flexibility index (Phi) is 5.03. The van der Waals surface area contributed by atoms with Crippen LogP contribution in [0.2, 0.25) is 0 Å². The molecule has 0 saturated carbocycles. The van der Waals surface area contributed by atoms with Gasteiger partial charge in [0, 0.05) is 36.0 Å². The van der Waals surface area contributed by atoms with Crippen LogP contribution >= 0.6 is 11.3 Å². The summed E-state index contributed by atoms with van der Waals surface area (Å²) < 4.78 is 5.30. The largest absolute Gasteiger partial charge is 0.467 e. The molecule has 2 aromatic heterocycles. The Bertz CT molecular complexity index is 1150. The molecule has 0 bridgehead atoms. The minimum absolute atomic E-state index is 0.0343. The summed E-state index contributed by atoms with van der Waals surface area (Å²) in [5.41, 5.74) is 3.62. The van der Waals surface area contributed by atoms with Crippen molar-refractivity contribution in [1.82, 2.24) is 9.88 Å². The lowest BCUT2D eigenvalue weighted by atomic mass is 9.99. The molecule has 0 aliphatic carbocycles. The lowest BCUT2D eigenvalue weighted by Gasteiger charge is -2.17. The number of anilines is 2. The molecular weight excluding hydrogens is 416 g/mol. The molecular formula is C22H20N4O4S. The van der Waals surface area contributed by atoms with E-state index < -0.39 is 5.92 Å². The molecule has 2 aliphatic heterocycles. The fourth-order valence-corrected chi connectivity index (χ4v) is 4.63. The van der Waals surface area contributed by atoms with Gasteiger partial charge in [0.2, 0.25) is 17.7 Å². The predicted octanol–water partition coefficient (Wildman–Crippen LogP) is 3.28.